The highest BCUT2D eigenvalue weighted by Crippen LogP contribution is 2.41. The van der Waals surface area contributed by atoms with Crippen molar-refractivity contribution in [2.75, 3.05) is 4.90 Å². The molecule has 1 heterocycles. The number of furan rings is 1. The average molecular weight is 644 g/mol. The van der Waals surface area contributed by atoms with Gasteiger partial charge in [0, 0.05) is 27.8 Å². The van der Waals surface area contributed by atoms with E-state index in [-0.39, 0.29) is 35.4 Å². The molecule has 0 aliphatic rings. The summed E-state index contributed by atoms with van der Waals surface area (Å²) >= 11 is 0. The fourth-order valence-electron chi connectivity index (χ4n) is 6.77. The lowest BCUT2D eigenvalue weighted by Crippen LogP contribution is -2.09. The van der Waals surface area contributed by atoms with Crippen molar-refractivity contribution in [2.45, 2.75) is 0 Å². The summed E-state index contributed by atoms with van der Waals surface area (Å²) in [5.74, 6) is 0. The monoisotopic (exact) mass is 643 g/mol. The molecular weight excluding hydrogens is 607 g/mol. The molecule has 0 N–H and O–H groups in total. The third-order valence-corrected chi connectivity index (χ3v) is 9.17. The normalized spacial score (nSPS) is 12.3. The zero-order valence-electron chi connectivity index (χ0n) is 31.1. The van der Waals surface area contributed by atoms with Gasteiger partial charge >= 0.3 is 0 Å². The topological polar surface area (TPSA) is 16.4 Å². The van der Waals surface area contributed by atoms with Gasteiger partial charge in [-0.05, 0) is 99.1 Å². The van der Waals surface area contributed by atoms with Crippen LogP contribution in [0.4, 0.5) is 17.1 Å². The summed E-state index contributed by atoms with van der Waals surface area (Å²) < 4.78 is 43.6. The third kappa shape index (κ3) is 5.43. The molecule has 2 nitrogen and oxygen atoms in total. The first kappa shape index (κ1) is 25.4. The Bertz CT molecular complexity index is 2770. The van der Waals surface area contributed by atoms with Gasteiger partial charge in [0.2, 0.25) is 0 Å². The molecule has 0 aliphatic carbocycles. The number of fused-ring (bicyclic) bond motifs is 3. The van der Waals surface area contributed by atoms with E-state index in [2.05, 4.69) is 66.7 Å². The van der Waals surface area contributed by atoms with Crippen molar-refractivity contribution in [3.8, 4) is 44.5 Å². The highest BCUT2D eigenvalue weighted by molar-refractivity contribution is 6.12. The van der Waals surface area contributed by atoms with E-state index in [9.17, 15) is 5.48 Å². The van der Waals surface area contributed by atoms with Crippen LogP contribution >= 0.6 is 0 Å². The SMILES string of the molecule is [2H]c1c([2H])c(N(c2ccccc2)c2ccc(-c3ccc(-c4ccccc4)c(-c4ccccc4)c3)cc2)c([2H])c([2H])c1-c1cccc2oc3ccccc3c12. The van der Waals surface area contributed by atoms with Gasteiger partial charge in [-0.25, -0.2) is 0 Å². The fraction of sp³-hybridized carbons (Fsp3) is 0. The van der Waals surface area contributed by atoms with E-state index in [4.69, 9.17) is 4.42 Å². The molecule has 9 rings (SSSR count). The van der Waals surface area contributed by atoms with Crippen molar-refractivity contribution >= 4 is 39.0 Å². The molecule has 0 aliphatic heterocycles. The predicted octanol–water partition coefficient (Wildman–Crippen LogP) is 13.7. The fourth-order valence-corrected chi connectivity index (χ4v) is 6.77. The van der Waals surface area contributed by atoms with Crippen LogP contribution in [0.2, 0.25) is 0 Å². The van der Waals surface area contributed by atoms with E-state index < -0.39 is 0 Å². The zero-order chi connectivity index (χ0) is 36.8. The molecule has 0 bridgehead atoms. The molecule has 0 atom stereocenters. The largest absolute Gasteiger partial charge is 0.456 e. The van der Waals surface area contributed by atoms with Gasteiger partial charge in [0.05, 0.1) is 5.48 Å². The van der Waals surface area contributed by atoms with Gasteiger partial charge in [-0.2, -0.15) is 0 Å². The maximum atomic E-state index is 9.40. The highest BCUT2D eigenvalue weighted by Gasteiger charge is 2.16. The maximum Gasteiger partial charge on any atom is 0.136 e. The Kier molecular flexibility index (Phi) is 6.48. The standard InChI is InChI=1S/C48H33NO/c1-4-13-35(14-5-1)42-32-27-38(33-45(42)36-15-6-2-7-16-36)34-23-28-40(29-24-34)49(39-17-8-3-9-18-39)41-30-25-37(26-31-41)43-20-12-22-47-48(43)44-19-10-11-21-46(44)50-47/h1-33H/i25D,26D,30D,31D. The van der Waals surface area contributed by atoms with Crippen LogP contribution in [-0.2, 0) is 0 Å². The van der Waals surface area contributed by atoms with Crippen LogP contribution in [0, 0.1) is 0 Å². The van der Waals surface area contributed by atoms with Crippen LogP contribution in [0.25, 0.3) is 66.4 Å². The number of nitrogens with zero attached hydrogens (tertiary/aromatic N) is 1. The molecule has 8 aromatic carbocycles. The summed E-state index contributed by atoms with van der Waals surface area (Å²) in [5, 5.41) is 1.63. The second kappa shape index (κ2) is 12.8. The first-order valence-corrected chi connectivity index (χ1v) is 16.7. The summed E-state index contributed by atoms with van der Waals surface area (Å²) in [5.41, 5.74) is 10.4. The number of benzene rings is 8. The minimum atomic E-state index is -0.132. The molecule has 2 heteroatoms. The number of hydrogen-bond donors (Lipinski definition) is 0. The molecule has 9 aromatic rings. The van der Waals surface area contributed by atoms with Crippen LogP contribution in [0.15, 0.2) is 205 Å². The highest BCUT2D eigenvalue weighted by atomic mass is 16.3. The summed E-state index contributed by atoms with van der Waals surface area (Å²) in [6.07, 6.45) is 0. The Hall–Kier alpha value is -6.64. The van der Waals surface area contributed by atoms with E-state index >= 15 is 0 Å². The molecule has 0 fully saturated rings. The van der Waals surface area contributed by atoms with E-state index in [0.717, 1.165) is 49.8 Å². The number of hydrogen-bond acceptors (Lipinski definition) is 2. The van der Waals surface area contributed by atoms with Gasteiger partial charge in [0.25, 0.3) is 0 Å². The smallest absolute Gasteiger partial charge is 0.136 e. The Labute approximate surface area is 297 Å². The van der Waals surface area contributed by atoms with Crippen molar-refractivity contribution in [3.05, 3.63) is 200 Å². The van der Waals surface area contributed by atoms with Gasteiger partial charge in [-0.15, -0.1) is 0 Å². The molecule has 0 saturated carbocycles. The Morgan fingerprint density at radius 2 is 0.940 bits per heavy atom. The molecule has 0 spiro atoms. The van der Waals surface area contributed by atoms with Gasteiger partial charge in [-0.1, -0.05) is 146 Å². The second-order valence-corrected chi connectivity index (χ2v) is 12.2. The van der Waals surface area contributed by atoms with Gasteiger partial charge < -0.3 is 9.32 Å². The lowest BCUT2D eigenvalue weighted by Gasteiger charge is -2.26. The second-order valence-electron chi connectivity index (χ2n) is 12.2. The first-order valence-electron chi connectivity index (χ1n) is 18.7. The number of rotatable bonds is 7. The van der Waals surface area contributed by atoms with Crippen LogP contribution in [-0.4, -0.2) is 0 Å². The quantitative estimate of drug-likeness (QED) is 0.172. The molecule has 50 heavy (non-hydrogen) atoms. The predicted molar refractivity (Wildman–Crippen MR) is 210 cm³/mol. The van der Waals surface area contributed by atoms with Crippen molar-refractivity contribution in [1.82, 2.24) is 0 Å². The summed E-state index contributed by atoms with van der Waals surface area (Å²) in [7, 11) is 0. The van der Waals surface area contributed by atoms with E-state index in [1.54, 1.807) is 0 Å². The average Bonchev–Trinajstić information content (AvgIpc) is 3.62. The van der Waals surface area contributed by atoms with Crippen molar-refractivity contribution in [3.63, 3.8) is 0 Å². The molecule has 1 aromatic heterocycles. The van der Waals surface area contributed by atoms with Gasteiger partial charge in [0.1, 0.15) is 11.2 Å². The minimum absolute atomic E-state index is 0.117. The zero-order valence-corrected chi connectivity index (χ0v) is 27.1. The van der Waals surface area contributed by atoms with Gasteiger partial charge in [-0.3, -0.25) is 0 Å². The summed E-state index contributed by atoms with van der Waals surface area (Å²) in [6, 6.07) is 57.7. The first-order chi connectivity index (χ1) is 26.5. The lowest BCUT2D eigenvalue weighted by atomic mass is 9.91. The molecule has 0 saturated heterocycles. The molecule has 0 unspecified atom stereocenters. The van der Waals surface area contributed by atoms with Crippen LogP contribution in [0.1, 0.15) is 5.48 Å². The van der Waals surface area contributed by atoms with E-state index in [0.29, 0.717) is 22.4 Å². The molecule has 0 radical (unpaired) electrons. The number of para-hydroxylation sites is 2. The summed E-state index contributed by atoms with van der Waals surface area (Å²) in [4.78, 5) is 1.82. The number of anilines is 3. The van der Waals surface area contributed by atoms with Crippen LogP contribution in [0.5, 0.6) is 0 Å². The van der Waals surface area contributed by atoms with E-state index in [1.807, 2.05) is 114 Å². The Balaban J connectivity index is 1.16. The molecular formula is C48H33NO. The van der Waals surface area contributed by atoms with Crippen molar-refractivity contribution in [1.29, 1.82) is 0 Å². The Morgan fingerprint density at radius 3 is 1.66 bits per heavy atom. The van der Waals surface area contributed by atoms with Crippen molar-refractivity contribution < 1.29 is 9.90 Å². The maximum absolute atomic E-state index is 9.40. The van der Waals surface area contributed by atoms with Gasteiger partial charge in [0.15, 0.2) is 0 Å². The lowest BCUT2D eigenvalue weighted by molar-refractivity contribution is 0.669. The Morgan fingerprint density at radius 1 is 0.360 bits per heavy atom. The van der Waals surface area contributed by atoms with Crippen LogP contribution in [0.3, 0.4) is 0 Å². The van der Waals surface area contributed by atoms with Crippen LogP contribution < -0.4 is 4.90 Å². The molecule has 236 valence electrons. The summed E-state index contributed by atoms with van der Waals surface area (Å²) in [6.45, 7) is 0. The molecule has 0 amide bonds. The van der Waals surface area contributed by atoms with E-state index in [1.165, 1.54) is 0 Å². The third-order valence-electron chi connectivity index (χ3n) is 9.17. The minimum Gasteiger partial charge on any atom is -0.456 e. The van der Waals surface area contributed by atoms with Crippen molar-refractivity contribution in [2.24, 2.45) is 0 Å².